The Morgan fingerprint density at radius 3 is 3.09 bits per heavy atom. The Bertz CT molecular complexity index is 277. The summed E-state index contributed by atoms with van der Waals surface area (Å²) in [5.74, 6) is -0.0627. The lowest BCUT2D eigenvalue weighted by Gasteiger charge is -1.88. The summed E-state index contributed by atoms with van der Waals surface area (Å²) >= 11 is 0. The maximum atomic E-state index is 10.8. The van der Waals surface area contributed by atoms with Gasteiger partial charge in [-0.25, -0.2) is 4.79 Å². The average Bonchev–Trinajstić information content (AvgIpc) is 2.50. The van der Waals surface area contributed by atoms with Gasteiger partial charge in [0.25, 0.3) is 0 Å². The van der Waals surface area contributed by atoms with Crippen molar-refractivity contribution in [3.8, 4) is 0 Å². The summed E-state index contributed by atoms with van der Waals surface area (Å²) in [5, 5.41) is 3.44. The molecule has 0 aliphatic heterocycles. The maximum Gasteiger partial charge on any atom is 0.360 e. The van der Waals surface area contributed by atoms with Gasteiger partial charge in [-0.05, 0) is 6.08 Å². The first-order valence-electron chi connectivity index (χ1n) is 2.95. The molecule has 0 spiro atoms. The Kier molecular flexibility index (Phi) is 2.06. The normalized spacial score (nSPS) is 9.18. The molecule has 0 saturated carbocycles. The number of carbonyl (C=O) groups is 1. The minimum absolute atomic E-state index is 0.155. The number of carbonyl (C=O) groups excluding carboxylic acids is 1. The van der Waals surface area contributed by atoms with Crippen molar-refractivity contribution >= 4 is 12.0 Å². The van der Waals surface area contributed by atoms with E-state index in [0.29, 0.717) is 5.76 Å². The SMILES string of the molecule is C=Cc1cc(C(=O)OC)no1. The first-order valence-corrected chi connectivity index (χ1v) is 2.95. The van der Waals surface area contributed by atoms with Crippen molar-refractivity contribution in [1.82, 2.24) is 5.16 Å². The zero-order chi connectivity index (χ0) is 8.27. The molecule has 0 radical (unpaired) electrons. The Hall–Kier alpha value is -1.58. The highest BCUT2D eigenvalue weighted by Crippen LogP contribution is 2.04. The lowest BCUT2D eigenvalue weighted by Crippen LogP contribution is -2.00. The van der Waals surface area contributed by atoms with E-state index in [-0.39, 0.29) is 5.69 Å². The van der Waals surface area contributed by atoms with E-state index in [0.717, 1.165) is 0 Å². The average molecular weight is 153 g/mol. The van der Waals surface area contributed by atoms with E-state index in [1.807, 2.05) is 0 Å². The van der Waals surface area contributed by atoms with Gasteiger partial charge in [0.1, 0.15) is 0 Å². The van der Waals surface area contributed by atoms with E-state index in [1.165, 1.54) is 19.3 Å². The molecule has 0 fully saturated rings. The lowest BCUT2D eigenvalue weighted by atomic mass is 10.3. The third kappa shape index (κ3) is 1.46. The van der Waals surface area contributed by atoms with Gasteiger partial charge in [0.2, 0.25) is 0 Å². The Morgan fingerprint density at radius 1 is 1.91 bits per heavy atom. The highest BCUT2D eigenvalue weighted by atomic mass is 16.5. The monoisotopic (exact) mass is 153 g/mol. The van der Waals surface area contributed by atoms with Crippen LogP contribution >= 0.6 is 0 Å². The van der Waals surface area contributed by atoms with Crippen molar-refractivity contribution in [3.63, 3.8) is 0 Å². The summed E-state index contributed by atoms with van der Waals surface area (Å²) in [4.78, 5) is 10.8. The fraction of sp³-hybridized carbons (Fsp3) is 0.143. The summed E-state index contributed by atoms with van der Waals surface area (Å²) in [5.41, 5.74) is 0.155. The van der Waals surface area contributed by atoms with Gasteiger partial charge in [-0.1, -0.05) is 11.7 Å². The molecular weight excluding hydrogens is 146 g/mol. The number of nitrogens with zero attached hydrogens (tertiary/aromatic N) is 1. The Morgan fingerprint density at radius 2 is 2.64 bits per heavy atom. The molecule has 0 atom stereocenters. The van der Waals surface area contributed by atoms with Crippen LogP contribution in [-0.2, 0) is 4.74 Å². The zero-order valence-corrected chi connectivity index (χ0v) is 6.03. The molecule has 0 aliphatic carbocycles. The number of hydrogen-bond donors (Lipinski definition) is 0. The van der Waals surface area contributed by atoms with E-state index in [2.05, 4.69) is 21.0 Å². The van der Waals surface area contributed by atoms with Crippen molar-refractivity contribution in [1.29, 1.82) is 0 Å². The molecule has 1 rings (SSSR count). The second-order valence-corrected chi connectivity index (χ2v) is 1.81. The Labute approximate surface area is 63.4 Å². The van der Waals surface area contributed by atoms with Crippen LogP contribution in [0, 0.1) is 0 Å². The molecule has 0 bridgehead atoms. The molecule has 4 heteroatoms. The second-order valence-electron chi connectivity index (χ2n) is 1.81. The Balaban J connectivity index is 2.88. The highest BCUT2D eigenvalue weighted by Gasteiger charge is 2.10. The van der Waals surface area contributed by atoms with Crippen molar-refractivity contribution in [2.24, 2.45) is 0 Å². The maximum absolute atomic E-state index is 10.8. The summed E-state index contributed by atoms with van der Waals surface area (Å²) in [6.45, 7) is 3.44. The first-order chi connectivity index (χ1) is 5.27. The molecule has 4 nitrogen and oxygen atoms in total. The quantitative estimate of drug-likeness (QED) is 0.597. The predicted octanol–water partition coefficient (Wildman–Crippen LogP) is 1.10. The summed E-state index contributed by atoms with van der Waals surface area (Å²) in [6.07, 6.45) is 1.46. The minimum Gasteiger partial charge on any atom is -0.464 e. The molecule has 1 aromatic heterocycles. The molecule has 0 N–H and O–H groups in total. The molecule has 1 aromatic rings. The van der Waals surface area contributed by atoms with Gasteiger partial charge in [0.15, 0.2) is 11.5 Å². The van der Waals surface area contributed by atoms with Gasteiger partial charge >= 0.3 is 5.97 Å². The number of aromatic nitrogens is 1. The van der Waals surface area contributed by atoms with Crippen LogP contribution in [0.25, 0.3) is 6.08 Å². The van der Waals surface area contributed by atoms with Gasteiger partial charge in [-0.15, -0.1) is 0 Å². The number of methoxy groups -OCH3 is 1. The standard InChI is InChI=1S/C7H7NO3/c1-3-5-4-6(8-11-5)7(9)10-2/h3-4H,1H2,2H3. The van der Waals surface area contributed by atoms with Crippen LogP contribution in [0.15, 0.2) is 17.2 Å². The fourth-order valence-electron chi connectivity index (χ4n) is 0.586. The van der Waals surface area contributed by atoms with E-state index >= 15 is 0 Å². The smallest absolute Gasteiger partial charge is 0.360 e. The number of hydrogen-bond acceptors (Lipinski definition) is 4. The van der Waals surface area contributed by atoms with Crippen molar-refractivity contribution in [2.75, 3.05) is 7.11 Å². The molecule has 11 heavy (non-hydrogen) atoms. The summed E-state index contributed by atoms with van der Waals surface area (Å²) in [7, 11) is 1.28. The van der Waals surface area contributed by atoms with Crippen LogP contribution in [0.2, 0.25) is 0 Å². The van der Waals surface area contributed by atoms with E-state index in [4.69, 9.17) is 0 Å². The number of esters is 1. The zero-order valence-electron chi connectivity index (χ0n) is 6.03. The van der Waals surface area contributed by atoms with Crippen LogP contribution in [0.5, 0.6) is 0 Å². The number of ether oxygens (including phenoxy) is 1. The van der Waals surface area contributed by atoms with Crippen LogP contribution in [-0.4, -0.2) is 18.2 Å². The minimum atomic E-state index is -0.512. The van der Waals surface area contributed by atoms with Gasteiger partial charge in [-0.2, -0.15) is 0 Å². The van der Waals surface area contributed by atoms with Gasteiger partial charge in [-0.3, -0.25) is 0 Å². The van der Waals surface area contributed by atoms with Crippen molar-refractivity contribution in [3.05, 3.63) is 24.1 Å². The summed E-state index contributed by atoms with van der Waals surface area (Å²) in [6, 6.07) is 1.46. The van der Waals surface area contributed by atoms with Gasteiger partial charge in [0.05, 0.1) is 7.11 Å². The van der Waals surface area contributed by atoms with Crippen LogP contribution < -0.4 is 0 Å². The highest BCUT2D eigenvalue weighted by molar-refractivity contribution is 5.87. The van der Waals surface area contributed by atoms with E-state index in [1.54, 1.807) is 0 Å². The van der Waals surface area contributed by atoms with Crippen molar-refractivity contribution in [2.45, 2.75) is 0 Å². The van der Waals surface area contributed by atoms with Crippen molar-refractivity contribution < 1.29 is 14.1 Å². The molecular formula is C7H7NO3. The molecule has 0 aromatic carbocycles. The van der Waals surface area contributed by atoms with E-state index in [9.17, 15) is 4.79 Å². The topological polar surface area (TPSA) is 52.3 Å². The van der Waals surface area contributed by atoms with Crippen LogP contribution in [0.1, 0.15) is 16.2 Å². The summed E-state index contributed by atoms with van der Waals surface area (Å²) < 4.78 is 9.07. The third-order valence-electron chi connectivity index (χ3n) is 1.12. The van der Waals surface area contributed by atoms with Gasteiger partial charge < -0.3 is 9.26 Å². The molecule has 58 valence electrons. The lowest BCUT2D eigenvalue weighted by molar-refractivity contribution is 0.0589. The van der Waals surface area contributed by atoms with Gasteiger partial charge in [0, 0.05) is 6.07 Å². The third-order valence-corrected chi connectivity index (χ3v) is 1.12. The van der Waals surface area contributed by atoms with E-state index < -0.39 is 5.97 Å². The fourth-order valence-corrected chi connectivity index (χ4v) is 0.586. The van der Waals surface area contributed by atoms with Crippen LogP contribution in [0.4, 0.5) is 0 Å². The van der Waals surface area contributed by atoms with Crippen LogP contribution in [0.3, 0.4) is 0 Å². The molecule has 0 unspecified atom stereocenters. The molecule has 0 aliphatic rings. The second kappa shape index (κ2) is 3.01. The molecule has 0 saturated heterocycles. The number of rotatable bonds is 2. The first kappa shape index (κ1) is 7.53. The molecule has 0 amide bonds. The molecule has 1 heterocycles. The largest absolute Gasteiger partial charge is 0.464 e. The predicted molar refractivity (Wildman–Crippen MR) is 37.9 cm³/mol.